The number of alkyl carbamates (subject to hydrolysis) is 1. The summed E-state index contributed by atoms with van der Waals surface area (Å²) in [7, 11) is 1.64. The molecular weight excluding hydrogens is 464 g/mol. The summed E-state index contributed by atoms with van der Waals surface area (Å²) in [5.41, 5.74) is 4.42. The first kappa shape index (κ1) is 24.5. The molecule has 0 fully saturated rings. The maximum Gasteiger partial charge on any atom is 0.407 e. The fourth-order valence-electron chi connectivity index (χ4n) is 4.46. The lowest BCUT2D eigenvalue weighted by Gasteiger charge is -2.24. The third-order valence-corrected chi connectivity index (χ3v) is 7.13. The minimum absolute atomic E-state index is 0.0217. The average molecular weight is 493 g/mol. The molecule has 7 nitrogen and oxygen atoms in total. The van der Waals surface area contributed by atoms with Crippen molar-refractivity contribution in [1.29, 1.82) is 0 Å². The van der Waals surface area contributed by atoms with Gasteiger partial charge in [-0.3, -0.25) is 9.59 Å². The monoisotopic (exact) mass is 492 g/mol. The number of aliphatic carboxylic acids is 1. The standard InChI is InChI=1S/C27H28N2O5S/c1-17-11-12-18(35-17)15-29(2)26(32)24(13-14-25(30)31)28-27(33)34-16-23-21-9-5-3-7-19(21)20-8-4-6-10-22(20)23/h3-12,23-24H,13-16H2,1-2H3,(H,28,33)(H,30,31). The molecule has 2 aromatic carbocycles. The predicted octanol–water partition coefficient (Wildman–Crippen LogP) is 4.79. The number of rotatable bonds is 9. The minimum atomic E-state index is -1.03. The number of carbonyl (C=O) groups is 3. The molecule has 1 unspecified atom stereocenters. The molecule has 1 aliphatic rings. The zero-order valence-electron chi connectivity index (χ0n) is 19.7. The van der Waals surface area contributed by atoms with E-state index < -0.39 is 18.1 Å². The summed E-state index contributed by atoms with van der Waals surface area (Å²) < 4.78 is 5.56. The van der Waals surface area contributed by atoms with Crippen LogP contribution in [-0.2, 0) is 20.9 Å². The molecule has 0 aliphatic heterocycles. The number of nitrogens with one attached hydrogen (secondary N) is 1. The van der Waals surface area contributed by atoms with E-state index in [-0.39, 0.29) is 31.3 Å². The van der Waals surface area contributed by atoms with Crippen molar-refractivity contribution in [3.05, 3.63) is 81.5 Å². The first-order valence-corrected chi connectivity index (χ1v) is 12.3. The summed E-state index contributed by atoms with van der Waals surface area (Å²) in [6.45, 7) is 2.49. The Hall–Kier alpha value is -3.65. The number of carboxylic acid groups (broad SMARTS) is 1. The van der Waals surface area contributed by atoms with Gasteiger partial charge in [0.25, 0.3) is 0 Å². The van der Waals surface area contributed by atoms with Gasteiger partial charge in [-0.05, 0) is 47.7 Å². The molecule has 0 bridgehead atoms. The van der Waals surface area contributed by atoms with Crippen molar-refractivity contribution in [2.75, 3.05) is 13.7 Å². The van der Waals surface area contributed by atoms with Crippen LogP contribution in [0.3, 0.4) is 0 Å². The van der Waals surface area contributed by atoms with Crippen molar-refractivity contribution in [3.8, 4) is 11.1 Å². The Kier molecular flexibility index (Phi) is 7.51. The van der Waals surface area contributed by atoms with E-state index in [9.17, 15) is 14.4 Å². The van der Waals surface area contributed by atoms with E-state index in [1.54, 1.807) is 18.4 Å². The van der Waals surface area contributed by atoms with Crippen LogP contribution < -0.4 is 5.32 Å². The number of hydrogen-bond acceptors (Lipinski definition) is 5. The van der Waals surface area contributed by atoms with Crippen LogP contribution in [0.5, 0.6) is 0 Å². The molecule has 1 aliphatic carbocycles. The lowest BCUT2D eigenvalue weighted by atomic mass is 9.98. The van der Waals surface area contributed by atoms with Crippen molar-refractivity contribution in [2.45, 2.75) is 38.3 Å². The predicted molar refractivity (Wildman–Crippen MR) is 134 cm³/mol. The molecule has 2 amide bonds. The van der Waals surface area contributed by atoms with Crippen LogP contribution in [0.2, 0.25) is 0 Å². The number of thiophene rings is 1. The van der Waals surface area contributed by atoms with Crippen LogP contribution in [0.4, 0.5) is 4.79 Å². The summed E-state index contributed by atoms with van der Waals surface area (Å²) >= 11 is 1.59. The van der Waals surface area contributed by atoms with Crippen LogP contribution in [0.15, 0.2) is 60.7 Å². The Morgan fingerprint density at radius 1 is 1.03 bits per heavy atom. The molecular formula is C27H28N2O5S. The number of amides is 2. The SMILES string of the molecule is Cc1ccc(CN(C)C(=O)C(CCC(=O)O)NC(=O)OCC2c3ccccc3-c3ccccc32)s1. The molecule has 1 heterocycles. The molecule has 0 saturated carbocycles. The summed E-state index contributed by atoms with van der Waals surface area (Å²) in [5, 5.41) is 11.7. The topological polar surface area (TPSA) is 95.9 Å². The molecule has 35 heavy (non-hydrogen) atoms. The number of benzene rings is 2. The highest BCUT2D eigenvalue weighted by Gasteiger charge is 2.30. The number of fused-ring (bicyclic) bond motifs is 3. The highest BCUT2D eigenvalue weighted by atomic mass is 32.1. The Morgan fingerprint density at radius 2 is 1.66 bits per heavy atom. The lowest BCUT2D eigenvalue weighted by molar-refractivity contribution is -0.137. The van der Waals surface area contributed by atoms with Gasteiger partial charge in [0.1, 0.15) is 12.6 Å². The second kappa shape index (κ2) is 10.7. The van der Waals surface area contributed by atoms with Gasteiger partial charge in [0.2, 0.25) is 5.91 Å². The molecule has 3 aromatic rings. The van der Waals surface area contributed by atoms with Crippen LogP contribution >= 0.6 is 11.3 Å². The summed E-state index contributed by atoms with van der Waals surface area (Å²) in [6.07, 6.45) is -1.01. The fourth-order valence-corrected chi connectivity index (χ4v) is 5.40. The molecule has 2 N–H and O–H groups in total. The molecule has 1 atom stereocenters. The van der Waals surface area contributed by atoms with Crippen molar-refractivity contribution < 1.29 is 24.2 Å². The van der Waals surface area contributed by atoms with Crippen molar-refractivity contribution in [2.24, 2.45) is 0 Å². The Bertz CT molecular complexity index is 1190. The van der Waals surface area contributed by atoms with Gasteiger partial charge in [0.05, 0.1) is 6.54 Å². The molecule has 182 valence electrons. The van der Waals surface area contributed by atoms with Crippen LogP contribution in [0.25, 0.3) is 11.1 Å². The summed E-state index contributed by atoms with van der Waals surface area (Å²) in [5.74, 6) is -1.49. The summed E-state index contributed by atoms with van der Waals surface area (Å²) in [4.78, 5) is 40.6. The normalized spacial score (nSPS) is 13.0. The van der Waals surface area contributed by atoms with Gasteiger partial charge in [-0.15, -0.1) is 11.3 Å². The van der Waals surface area contributed by atoms with E-state index in [2.05, 4.69) is 17.4 Å². The number of carboxylic acids is 1. The van der Waals surface area contributed by atoms with E-state index in [4.69, 9.17) is 9.84 Å². The van der Waals surface area contributed by atoms with Gasteiger partial charge in [0, 0.05) is 29.1 Å². The largest absolute Gasteiger partial charge is 0.481 e. The molecule has 1 aromatic heterocycles. The summed E-state index contributed by atoms with van der Waals surface area (Å²) in [6, 6.07) is 19.0. The molecule has 4 rings (SSSR count). The maximum absolute atomic E-state index is 13.1. The maximum atomic E-state index is 13.1. The number of aryl methyl sites for hydroxylation is 1. The second-order valence-electron chi connectivity index (χ2n) is 8.66. The zero-order chi connectivity index (χ0) is 24.9. The van der Waals surface area contributed by atoms with Gasteiger partial charge in [-0.25, -0.2) is 4.79 Å². The Labute approximate surface area is 208 Å². The quantitative estimate of drug-likeness (QED) is 0.448. The molecule has 0 radical (unpaired) electrons. The van der Waals surface area contributed by atoms with Gasteiger partial charge in [0.15, 0.2) is 0 Å². The first-order valence-electron chi connectivity index (χ1n) is 11.5. The van der Waals surface area contributed by atoms with Gasteiger partial charge >= 0.3 is 12.1 Å². The number of nitrogens with zero attached hydrogens (tertiary/aromatic N) is 1. The van der Waals surface area contributed by atoms with E-state index >= 15 is 0 Å². The number of hydrogen-bond donors (Lipinski definition) is 2. The Balaban J connectivity index is 1.41. The zero-order valence-corrected chi connectivity index (χ0v) is 20.5. The van der Waals surface area contributed by atoms with Crippen LogP contribution in [0, 0.1) is 6.92 Å². The van der Waals surface area contributed by atoms with Crippen molar-refractivity contribution in [1.82, 2.24) is 10.2 Å². The second-order valence-corrected chi connectivity index (χ2v) is 10.0. The molecule has 0 saturated heterocycles. The first-order chi connectivity index (χ1) is 16.8. The van der Waals surface area contributed by atoms with Crippen molar-refractivity contribution in [3.63, 3.8) is 0 Å². The Morgan fingerprint density at radius 3 is 2.23 bits per heavy atom. The smallest absolute Gasteiger partial charge is 0.407 e. The van der Waals surface area contributed by atoms with E-state index in [0.717, 1.165) is 32.0 Å². The van der Waals surface area contributed by atoms with Crippen LogP contribution in [0.1, 0.15) is 39.6 Å². The highest BCUT2D eigenvalue weighted by molar-refractivity contribution is 7.11. The third-order valence-electron chi connectivity index (χ3n) is 6.15. The van der Waals surface area contributed by atoms with Gasteiger partial charge < -0.3 is 20.1 Å². The minimum Gasteiger partial charge on any atom is -0.481 e. The number of carbonyl (C=O) groups excluding carboxylic acids is 2. The van der Waals surface area contributed by atoms with Crippen molar-refractivity contribution >= 4 is 29.3 Å². The number of likely N-dealkylation sites (N-methyl/N-ethyl adjacent to an activating group) is 1. The lowest BCUT2D eigenvalue weighted by Crippen LogP contribution is -2.47. The average Bonchev–Trinajstić information content (AvgIpc) is 3.40. The third kappa shape index (κ3) is 5.71. The molecule has 8 heteroatoms. The van der Waals surface area contributed by atoms with Gasteiger partial charge in [-0.1, -0.05) is 48.5 Å². The number of ether oxygens (including phenoxy) is 1. The van der Waals surface area contributed by atoms with E-state index in [1.165, 1.54) is 4.90 Å². The highest BCUT2D eigenvalue weighted by Crippen LogP contribution is 2.44. The molecule has 0 spiro atoms. The van der Waals surface area contributed by atoms with E-state index in [1.807, 2.05) is 55.5 Å². The fraction of sp³-hybridized carbons (Fsp3) is 0.296. The van der Waals surface area contributed by atoms with Gasteiger partial charge in [-0.2, -0.15) is 0 Å². The van der Waals surface area contributed by atoms with Crippen LogP contribution in [-0.4, -0.2) is 47.7 Å². The van der Waals surface area contributed by atoms with E-state index in [0.29, 0.717) is 6.54 Å².